The van der Waals surface area contributed by atoms with E-state index < -0.39 is 0 Å². The Morgan fingerprint density at radius 3 is 2.92 bits per heavy atom. The number of carbonyl (C=O) groups is 1. The molecule has 1 atom stereocenters. The van der Waals surface area contributed by atoms with Gasteiger partial charge in [-0.1, -0.05) is 18.2 Å². The summed E-state index contributed by atoms with van der Waals surface area (Å²) in [5, 5.41) is 2.96. The summed E-state index contributed by atoms with van der Waals surface area (Å²) in [4.78, 5) is 12.5. The van der Waals surface area contributed by atoms with Crippen molar-refractivity contribution in [2.75, 3.05) is 26.1 Å². The summed E-state index contributed by atoms with van der Waals surface area (Å²) in [6, 6.07) is 13.4. The van der Waals surface area contributed by atoms with Gasteiger partial charge in [-0.15, -0.1) is 0 Å². The fourth-order valence-electron chi connectivity index (χ4n) is 2.80. The smallest absolute Gasteiger partial charge is 0.231 e. The van der Waals surface area contributed by atoms with Gasteiger partial charge in [-0.3, -0.25) is 4.79 Å². The highest BCUT2D eigenvalue weighted by atomic mass is 16.5. The molecule has 0 bridgehead atoms. The van der Waals surface area contributed by atoms with Gasteiger partial charge in [0.1, 0.15) is 18.1 Å². The fourth-order valence-corrected chi connectivity index (χ4v) is 2.80. The van der Waals surface area contributed by atoms with Gasteiger partial charge in [-0.05, 0) is 35.7 Å². The second-order valence-corrected chi connectivity index (χ2v) is 5.81. The Kier molecular flexibility index (Phi) is 5.01. The predicted octanol–water partition coefficient (Wildman–Crippen LogP) is 3.03. The second kappa shape index (κ2) is 7.36. The van der Waals surface area contributed by atoms with Crippen LogP contribution in [0.1, 0.15) is 11.1 Å². The SMILES string of the molecule is COCc1cccc(NC(=O)[C@H]2COc3cc(OC)ccc3C2)c1. The quantitative estimate of drug-likeness (QED) is 0.917. The van der Waals surface area contributed by atoms with Gasteiger partial charge in [0.15, 0.2) is 0 Å². The molecule has 1 aliphatic rings. The number of benzene rings is 2. The van der Waals surface area contributed by atoms with E-state index >= 15 is 0 Å². The minimum absolute atomic E-state index is 0.0361. The molecule has 1 aliphatic heterocycles. The number of hydrogen-bond donors (Lipinski definition) is 1. The van der Waals surface area contributed by atoms with Gasteiger partial charge in [-0.2, -0.15) is 0 Å². The van der Waals surface area contributed by atoms with E-state index in [1.807, 2.05) is 42.5 Å². The molecule has 5 heteroatoms. The first-order chi connectivity index (χ1) is 11.7. The van der Waals surface area contributed by atoms with E-state index in [0.29, 0.717) is 19.6 Å². The van der Waals surface area contributed by atoms with Gasteiger partial charge >= 0.3 is 0 Å². The molecular weight excluding hydrogens is 306 g/mol. The van der Waals surface area contributed by atoms with Gasteiger partial charge in [0.05, 0.1) is 19.6 Å². The van der Waals surface area contributed by atoms with Crippen LogP contribution >= 0.6 is 0 Å². The van der Waals surface area contributed by atoms with Crippen LogP contribution in [-0.4, -0.2) is 26.7 Å². The minimum atomic E-state index is -0.211. The largest absolute Gasteiger partial charge is 0.497 e. The Morgan fingerprint density at radius 1 is 1.25 bits per heavy atom. The number of carbonyl (C=O) groups excluding carboxylic acids is 1. The molecule has 126 valence electrons. The van der Waals surface area contributed by atoms with E-state index in [2.05, 4.69) is 5.32 Å². The Hall–Kier alpha value is -2.53. The molecule has 0 aliphatic carbocycles. The summed E-state index contributed by atoms with van der Waals surface area (Å²) in [5.41, 5.74) is 2.82. The fraction of sp³-hybridized carbons (Fsp3) is 0.316. The lowest BCUT2D eigenvalue weighted by Gasteiger charge is -2.25. The van der Waals surface area contributed by atoms with E-state index in [1.165, 1.54) is 0 Å². The number of hydrogen-bond acceptors (Lipinski definition) is 4. The van der Waals surface area contributed by atoms with Crippen LogP contribution in [0.3, 0.4) is 0 Å². The van der Waals surface area contributed by atoms with Crippen LogP contribution < -0.4 is 14.8 Å². The molecule has 3 rings (SSSR count). The van der Waals surface area contributed by atoms with Crippen LogP contribution in [0.2, 0.25) is 0 Å². The maximum atomic E-state index is 12.5. The number of amides is 1. The van der Waals surface area contributed by atoms with E-state index in [9.17, 15) is 4.79 Å². The first-order valence-electron chi connectivity index (χ1n) is 7.88. The van der Waals surface area contributed by atoms with Gasteiger partial charge in [0.2, 0.25) is 5.91 Å². The summed E-state index contributed by atoms with van der Waals surface area (Å²) < 4.78 is 16.1. The van der Waals surface area contributed by atoms with Crippen molar-refractivity contribution in [1.82, 2.24) is 0 Å². The number of rotatable bonds is 5. The number of fused-ring (bicyclic) bond motifs is 1. The summed E-state index contributed by atoms with van der Waals surface area (Å²) in [6.45, 7) is 0.884. The van der Waals surface area contributed by atoms with Gasteiger partial charge in [0, 0.05) is 18.9 Å². The van der Waals surface area contributed by atoms with Crippen molar-refractivity contribution < 1.29 is 19.0 Å². The number of nitrogens with one attached hydrogen (secondary N) is 1. The summed E-state index contributed by atoms with van der Waals surface area (Å²) in [5.74, 6) is 1.30. The van der Waals surface area contributed by atoms with Crippen molar-refractivity contribution in [2.24, 2.45) is 5.92 Å². The number of ether oxygens (including phenoxy) is 3. The maximum absolute atomic E-state index is 12.5. The normalized spacial score (nSPS) is 16.0. The zero-order valence-electron chi connectivity index (χ0n) is 13.9. The number of methoxy groups -OCH3 is 2. The second-order valence-electron chi connectivity index (χ2n) is 5.81. The van der Waals surface area contributed by atoms with E-state index in [1.54, 1.807) is 14.2 Å². The van der Waals surface area contributed by atoms with Crippen LogP contribution in [0, 0.1) is 5.92 Å². The highest BCUT2D eigenvalue weighted by Crippen LogP contribution is 2.31. The molecule has 0 saturated heterocycles. The lowest BCUT2D eigenvalue weighted by molar-refractivity contribution is -0.121. The molecule has 2 aromatic carbocycles. The zero-order valence-corrected chi connectivity index (χ0v) is 13.9. The Bertz CT molecular complexity index is 729. The molecule has 24 heavy (non-hydrogen) atoms. The van der Waals surface area contributed by atoms with Crippen molar-refractivity contribution in [3.8, 4) is 11.5 Å². The molecular formula is C19H21NO4. The first-order valence-corrected chi connectivity index (χ1v) is 7.88. The van der Waals surface area contributed by atoms with Crippen molar-refractivity contribution in [1.29, 1.82) is 0 Å². The van der Waals surface area contributed by atoms with Crippen molar-refractivity contribution >= 4 is 11.6 Å². The van der Waals surface area contributed by atoms with Crippen LogP contribution in [0.4, 0.5) is 5.69 Å². The van der Waals surface area contributed by atoms with E-state index in [4.69, 9.17) is 14.2 Å². The van der Waals surface area contributed by atoms with Gasteiger partial charge in [0.25, 0.3) is 0 Å². The summed E-state index contributed by atoms with van der Waals surface area (Å²) >= 11 is 0. The molecule has 0 fully saturated rings. The lowest BCUT2D eigenvalue weighted by atomic mass is 9.95. The molecule has 1 heterocycles. The minimum Gasteiger partial charge on any atom is -0.497 e. The first kappa shape index (κ1) is 16.3. The van der Waals surface area contributed by atoms with Crippen LogP contribution in [-0.2, 0) is 22.6 Å². The Labute approximate surface area is 141 Å². The lowest BCUT2D eigenvalue weighted by Crippen LogP contribution is -2.32. The third-order valence-electron chi connectivity index (χ3n) is 4.06. The highest BCUT2D eigenvalue weighted by molar-refractivity contribution is 5.93. The molecule has 2 aromatic rings. The average molecular weight is 327 g/mol. The van der Waals surface area contributed by atoms with E-state index in [-0.39, 0.29) is 11.8 Å². The van der Waals surface area contributed by atoms with Crippen LogP contribution in [0.15, 0.2) is 42.5 Å². The van der Waals surface area contributed by atoms with Crippen molar-refractivity contribution in [3.63, 3.8) is 0 Å². The maximum Gasteiger partial charge on any atom is 0.231 e. The van der Waals surface area contributed by atoms with E-state index in [0.717, 1.165) is 28.3 Å². The topological polar surface area (TPSA) is 56.8 Å². The molecule has 0 unspecified atom stereocenters. The average Bonchev–Trinajstić information content (AvgIpc) is 2.61. The molecule has 5 nitrogen and oxygen atoms in total. The molecule has 0 spiro atoms. The monoisotopic (exact) mass is 327 g/mol. The van der Waals surface area contributed by atoms with Crippen LogP contribution in [0.25, 0.3) is 0 Å². The zero-order chi connectivity index (χ0) is 16.9. The molecule has 0 radical (unpaired) electrons. The van der Waals surface area contributed by atoms with Gasteiger partial charge in [-0.25, -0.2) is 0 Å². The standard InChI is InChI=1S/C19H21NO4/c1-22-11-13-4-3-5-16(8-13)20-19(21)15-9-14-6-7-17(23-2)10-18(14)24-12-15/h3-8,10,15H,9,11-12H2,1-2H3,(H,20,21)/t15-/m1/s1. The highest BCUT2D eigenvalue weighted by Gasteiger charge is 2.26. The number of anilines is 1. The third kappa shape index (κ3) is 3.68. The van der Waals surface area contributed by atoms with Gasteiger partial charge < -0.3 is 19.5 Å². The Balaban J connectivity index is 1.67. The summed E-state index contributed by atoms with van der Waals surface area (Å²) in [7, 11) is 3.27. The third-order valence-corrected chi connectivity index (χ3v) is 4.06. The molecule has 1 amide bonds. The Morgan fingerprint density at radius 2 is 2.12 bits per heavy atom. The van der Waals surface area contributed by atoms with Crippen molar-refractivity contribution in [2.45, 2.75) is 13.0 Å². The molecule has 0 aromatic heterocycles. The molecule has 0 saturated carbocycles. The molecule has 1 N–H and O–H groups in total. The van der Waals surface area contributed by atoms with Crippen molar-refractivity contribution in [3.05, 3.63) is 53.6 Å². The predicted molar refractivity (Wildman–Crippen MR) is 91.5 cm³/mol. The van der Waals surface area contributed by atoms with Crippen LogP contribution in [0.5, 0.6) is 11.5 Å². The summed E-state index contributed by atoms with van der Waals surface area (Å²) in [6.07, 6.45) is 0.656.